The topological polar surface area (TPSA) is 73.1 Å². The normalized spacial score (nSPS) is 29.3. The Morgan fingerprint density at radius 2 is 2.22 bits per heavy atom. The van der Waals surface area contributed by atoms with E-state index in [2.05, 4.69) is 0 Å². The number of hydrogen-bond donors (Lipinski definition) is 1. The molecule has 0 atom stereocenters. The highest BCUT2D eigenvalue weighted by molar-refractivity contribution is 5.91. The number of aromatic carboxylic acids is 1. The number of nitrogens with zero attached hydrogens (tertiary/aromatic N) is 2. The van der Waals surface area contributed by atoms with Crippen LogP contribution in [0.5, 0.6) is 5.75 Å². The molecular weight excluding hydrogens is 296 g/mol. The molecule has 2 saturated carbocycles. The molecule has 2 aromatic rings. The molecule has 0 spiro atoms. The lowest BCUT2D eigenvalue weighted by Crippen LogP contribution is -2.37. The second-order valence-corrected chi connectivity index (χ2v) is 7.04. The molecule has 2 saturated heterocycles. The molecular formula is C17H18N2O4. The zero-order valence-electron chi connectivity index (χ0n) is 12.7. The predicted molar refractivity (Wildman–Crippen MR) is 81.1 cm³/mol. The zero-order valence-corrected chi connectivity index (χ0v) is 12.7. The standard InChI is InChI=1S/C17H18N2O4/c20-16(21)12-7-19-8-14(17-5-11(6-17)22-9-17)18-15(19)4-13(12)23-10-2-1-3-10/h4,7-8,10-11H,1-3,5-6,9H2,(H,20,21). The summed E-state index contributed by atoms with van der Waals surface area (Å²) in [6.45, 7) is 0.721. The van der Waals surface area contributed by atoms with Gasteiger partial charge >= 0.3 is 5.97 Å². The molecule has 6 heteroatoms. The summed E-state index contributed by atoms with van der Waals surface area (Å²) in [7, 11) is 0. The molecule has 4 aliphatic rings. The van der Waals surface area contributed by atoms with Crippen molar-refractivity contribution in [3.8, 4) is 5.75 Å². The fourth-order valence-corrected chi connectivity index (χ4v) is 3.81. The third-order valence-corrected chi connectivity index (χ3v) is 5.51. The fourth-order valence-electron chi connectivity index (χ4n) is 3.81. The van der Waals surface area contributed by atoms with E-state index in [0.717, 1.165) is 50.1 Å². The van der Waals surface area contributed by atoms with Gasteiger partial charge in [0.15, 0.2) is 0 Å². The maximum Gasteiger partial charge on any atom is 0.341 e. The molecule has 0 unspecified atom stereocenters. The van der Waals surface area contributed by atoms with Gasteiger partial charge in [0, 0.05) is 23.9 Å². The summed E-state index contributed by atoms with van der Waals surface area (Å²) in [4.78, 5) is 16.3. The Kier molecular flexibility index (Phi) is 2.60. The van der Waals surface area contributed by atoms with E-state index in [9.17, 15) is 9.90 Å². The lowest BCUT2D eigenvalue weighted by atomic mass is 9.68. The van der Waals surface area contributed by atoms with E-state index in [4.69, 9.17) is 14.5 Å². The summed E-state index contributed by atoms with van der Waals surface area (Å²) in [5.41, 5.74) is 1.97. The van der Waals surface area contributed by atoms with Crippen LogP contribution in [-0.2, 0) is 10.2 Å². The molecule has 6 nitrogen and oxygen atoms in total. The first-order chi connectivity index (χ1) is 11.1. The van der Waals surface area contributed by atoms with Gasteiger partial charge in [0.1, 0.15) is 17.0 Å². The zero-order chi connectivity index (χ0) is 15.6. The van der Waals surface area contributed by atoms with Crippen LogP contribution in [0.3, 0.4) is 0 Å². The van der Waals surface area contributed by atoms with Crippen molar-refractivity contribution in [3.05, 3.63) is 29.7 Å². The van der Waals surface area contributed by atoms with Gasteiger partial charge in [-0.15, -0.1) is 0 Å². The van der Waals surface area contributed by atoms with E-state index in [1.807, 2.05) is 6.20 Å². The van der Waals surface area contributed by atoms with Crippen LogP contribution in [-0.4, -0.2) is 39.3 Å². The van der Waals surface area contributed by atoms with Crippen molar-refractivity contribution in [2.24, 2.45) is 0 Å². The lowest BCUT2D eigenvalue weighted by Gasteiger charge is -2.33. The summed E-state index contributed by atoms with van der Waals surface area (Å²) in [5, 5.41) is 9.47. The van der Waals surface area contributed by atoms with E-state index in [1.54, 1.807) is 16.7 Å². The van der Waals surface area contributed by atoms with Crippen LogP contribution >= 0.6 is 0 Å². The van der Waals surface area contributed by atoms with Crippen molar-refractivity contribution >= 4 is 11.6 Å². The average Bonchev–Trinajstić information content (AvgIpc) is 3.13. The van der Waals surface area contributed by atoms with Crippen LogP contribution in [0.25, 0.3) is 5.65 Å². The number of rotatable bonds is 4. The van der Waals surface area contributed by atoms with Crippen molar-refractivity contribution < 1.29 is 19.4 Å². The molecule has 2 bridgehead atoms. The van der Waals surface area contributed by atoms with Gasteiger partial charge in [-0.2, -0.15) is 0 Å². The first kappa shape index (κ1) is 13.4. The van der Waals surface area contributed by atoms with Gasteiger partial charge in [0.05, 0.1) is 24.5 Å². The highest BCUT2D eigenvalue weighted by Gasteiger charge is 2.54. The van der Waals surface area contributed by atoms with E-state index >= 15 is 0 Å². The van der Waals surface area contributed by atoms with Gasteiger partial charge in [0.2, 0.25) is 0 Å². The fraction of sp³-hybridized carbons (Fsp3) is 0.529. The van der Waals surface area contributed by atoms with Crippen LogP contribution in [0, 0.1) is 0 Å². The Balaban J connectivity index is 1.57. The summed E-state index contributed by atoms with van der Waals surface area (Å²) < 4.78 is 13.3. The lowest BCUT2D eigenvalue weighted by molar-refractivity contribution is 0.0679. The van der Waals surface area contributed by atoms with E-state index in [-0.39, 0.29) is 17.1 Å². The van der Waals surface area contributed by atoms with Gasteiger partial charge in [-0.1, -0.05) is 0 Å². The van der Waals surface area contributed by atoms with E-state index < -0.39 is 5.97 Å². The Morgan fingerprint density at radius 3 is 2.83 bits per heavy atom. The smallest absolute Gasteiger partial charge is 0.341 e. The number of carboxylic acid groups (broad SMARTS) is 1. The minimum absolute atomic E-state index is 0.0368. The number of aromatic nitrogens is 2. The van der Waals surface area contributed by atoms with Crippen molar-refractivity contribution in [1.82, 2.24) is 9.38 Å². The molecule has 2 aliphatic carbocycles. The second kappa shape index (κ2) is 4.47. The maximum atomic E-state index is 11.6. The van der Waals surface area contributed by atoms with E-state index in [0.29, 0.717) is 11.9 Å². The molecule has 0 radical (unpaired) electrons. The van der Waals surface area contributed by atoms with Crippen molar-refractivity contribution in [2.45, 2.75) is 49.7 Å². The Labute approximate surface area is 133 Å². The number of imidazole rings is 1. The second-order valence-electron chi connectivity index (χ2n) is 7.04. The molecule has 23 heavy (non-hydrogen) atoms. The Bertz CT molecular complexity index is 797. The highest BCUT2D eigenvalue weighted by atomic mass is 16.5. The highest BCUT2D eigenvalue weighted by Crippen LogP contribution is 2.51. The summed E-state index contributed by atoms with van der Waals surface area (Å²) >= 11 is 0. The van der Waals surface area contributed by atoms with Gasteiger partial charge < -0.3 is 19.0 Å². The van der Waals surface area contributed by atoms with Crippen LogP contribution in [0.2, 0.25) is 0 Å². The van der Waals surface area contributed by atoms with Crippen molar-refractivity contribution in [2.75, 3.05) is 6.61 Å². The monoisotopic (exact) mass is 314 g/mol. The SMILES string of the molecule is O=C(O)c1cn2cc(C34COC(C3)C4)nc2cc1OC1CCC1. The Hall–Kier alpha value is -2.08. The summed E-state index contributed by atoms with van der Waals surface area (Å²) in [6.07, 6.45) is 9.25. The molecule has 0 amide bonds. The third-order valence-electron chi connectivity index (χ3n) is 5.51. The molecule has 6 rings (SSSR count). The minimum atomic E-state index is -0.970. The van der Waals surface area contributed by atoms with Crippen LogP contribution in [0.15, 0.2) is 18.5 Å². The number of ether oxygens (including phenoxy) is 2. The molecule has 2 aliphatic heterocycles. The largest absolute Gasteiger partial charge is 0.489 e. The quantitative estimate of drug-likeness (QED) is 0.938. The average molecular weight is 314 g/mol. The molecule has 4 heterocycles. The third kappa shape index (κ3) is 1.91. The van der Waals surface area contributed by atoms with Gasteiger partial charge in [-0.3, -0.25) is 0 Å². The summed E-state index contributed by atoms with van der Waals surface area (Å²) in [6, 6.07) is 1.76. The molecule has 120 valence electrons. The van der Waals surface area contributed by atoms with Gasteiger partial charge in [-0.05, 0) is 32.1 Å². The van der Waals surface area contributed by atoms with Gasteiger partial charge in [0.25, 0.3) is 0 Å². The maximum absolute atomic E-state index is 11.6. The van der Waals surface area contributed by atoms with Gasteiger partial charge in [-0.25, -0.2) is 9.78 Å². The van der Waals surface area contributed by atoms with Crippen LogP contribution in [0.4, 0.5) is 0 Å². The van der Waals surface area contributed by atoms with Crippen LogP contribution in [0.1, 0.15) is 48.2 Å². The summed E-state index contributed by atoms with van der Waals surface area (Å²) in [5.74, 6) is -0.541. The molecule has 1 N–H and O–H groups in total. The first-order valence-corrected chi connectivity index (χ1v) is 8.18. The minimum Gasteiger partial charge on any atom is -0.489 e. The van der Waals surface area contributed by atoms with E-state index in [1.165, 1.54) is 0 Å². The van der Waals surface area contributed by atoms with Crippen molar-refractivity contribution in [1.29, 1.82) is 0 Å². The first-order valence-electron chi connectivity index (χ1n) is 8.18. The molecule has 4 fully saturated rings. The number of carboxylic acids is 1. The Morgan fingerprint density at radius 1 is 1.39 bits per heavy atom. The number of pyridine rings is 1. The van der Waals surface area contributed by atoms with Crippen LogP contribution < -0.4 is 4.74 Å². The molecule has 2 aromatic heterocycles. The number of fused-ring (bicyclic) bond motifs is 2. The van der Waals surface area contributed by atoms with Crippen molar-refractivity contribution in [3.63, 3.8) is 0 Å². The molecule has 0 aromatic carbocycles. The number of carbonyl (C=O) groups is 1. The number of hydrogen-bond acceptors (Lipinski definition) is 4. The predicted octanol–water partition coefficient (Wildman–Crippen LogP) is 2.39.